The molecule has 0 unspecified atom stereocenters. The predicted molar refractivity (Wildman–Crippen MR) is 79.2 cm³/mol. The third-order valence-corrected chi connectivity index (χ3v) is 3.63. The molecule has 0 aliphatic carbocycles. The molecule has 1 saturated heterocycles. The number of carbonyl (C=O) groups excluding carboxylic acids is 1. The number of anilines is 1. The fourth-order valence-corrected chi connectivity index (χ4v) is 2.51. The standard InChI is InChI=1S/C15H16F4N4O/c1-2-4-20-10(24)9-22-5-3-6-23(8-7-22)13-11(16)14(18)21-15(19)12(13)17/h1H,3-9H2,(H,20,24). The Morgan fingerprint density at radius 1 is 1.12 bits per heavy atom. The summed E-state index contributed by atoms with van der Waals surface area (Å²) in [5.41, 5.74) is -0.765. The molecule has 1 aliphatic rings. The minimum atomic E-state index is -1.68. The van der Waals surface area contributed by atoms with Crippen molar-refractivity contribution in [1.29, 1.82) is 0 Å². The molecule has 2 heterocycles. The van der Waals surface area contributed by atoms with Crippen LogP contribution >= 0.6 is 0 Å². The van der Waals surface area contributed by atoms with Gasteiger partial charge in [-0.3, -0.25) is 9.69 Å². The Hall–Kier alpha value is -2.34. The van der Waals surface area contributed by atoms with Crippen LogP contribution < -0.4 is 10.2 Å². The van der Waals surface area contributed by atoms with Gasteiger partial charge >= 0.3 is 0 Å². The molecule has 0 bridgehead atoms. The molecular weight excluding hydrogens is 328 g/mol. The summed E-state index contributed by atoms with van der Waals surface area (Å²) in [6.45, 7) is 1.30. The summed E-state index contributed by atoms with van der Waals surface area (Å²) >= 11 is 0. The molecule has 2 rings (SSSR count). The molecule has 0 radical (unpaired) electrons. The summed E-state index contributed by atoms with van der Waals surface area (Å²) in [5.74, 6) is -4.39. The maximum absolute atomic E-state index is 13.8. The second-order valence-corrected chi connectivity index (χ2v) is 5.27. The number of terminal acetylenes is 1. The summed E-state index contributed by atoms with van der Waals surface area (Å²) in [7, 11) is 0. The van der Waals surface area contributed by atoms with E-state index >= 15 is 0 Å². The third-order valence-electron chi connectivity index (χ3n) is 3.63. The molecule has 1 aromatic rings. The van der Waals surface area contributed by atoms with E-state index in [4.69, 9.17) is 6.42 Å². The van der Waals surface area contributed by atoms with E-state index in [9.17, 15) is 22.4 Å². The van der Waals surface area contributed by atoms with Crippen LogP contribution in [0.3, 0.4) is 0 Å². The number of pyridine rings is 1. The van der Waals surface area contributed by atoms with Gasteiger partial charge in [-0.05, 0) is 6.42 Å². The van der Waals surface area contributed by atoms with Gasteiger partial charge in [0.2, 0.25) is 17.5 Å². The topological polar surface area (TPSA) is 48.5 Å². The number of nitrogens with one attached hydrogen (secondary N) is 1. The molecule has 0 saturated carbocycles. The summed E-state index contributed by atoms with van der Waals surface area (Å²) in [4.78, 5) is 17.2. The van der Waals surface area contributed by atoms with E-state index in [1.807, 2.05) is 0 Å². The van der Waals surface area contributed by atoms with Crippen molar-refractivity contribution < 1.29 is 22.4 Å². The lowest BCUT2D eigenvalue weighted by Gasteiger charge is -2.24. The van der Waals surface area contributed by atoms with Gasteiger partial charge in [0.15, 0.2) is 0 Å². The van der Waals surface area contributed by atoms with Crippen LogP contribution in [0.25, 0.3) is 0 Å². The fourth-order valence-electron chi connectivity index (χ4n) is 2.51. The fraction of sp³-hybridized carbons (Fsp3) is 0.467. The highest BCUT2D eigenvalue weighted by atomic mass is 19.2. The lowest BCUT2D eigenvalue weighted by Crippen LogP contribution is -2.39. The van der Waals surface area contributed by atoms with Crippen LogP contribution in [0.15, 0.2) is 0 Å². The Labute approximate surface area is 136 Å². The van der Waals surface area contributed by atoms with E-state index in [-0.39, 0.29) is 32.1 Å². The Morgan fingerprint density at radius 2 is 1.79 bits per heavy atom. The van der Waals surface area contributed by atoms with Crippen molar-refractivity contribution in [2.45, 2.75) is 6.42 Å². The van der Waals surface area contributed by atoms with Crippen molar-refractivity contribution in [2.75, 3.05) is 44.2 Å². The zero-order valence-electron chi connectivity index (χ0n) is 12.8. The van der Waals surface area contributed by atoms with Crippen LogP contribution in [-0.2, 0) is 4.79 Å². The molecule has 1 N–H and O–H groups in total. The van der Waals surface area contributed by atoms with Crippen LogP contribution in [0, 0.1) is 35.9 Å². The SMILES string of the molecule is C#CCNC(=O)CN1CCCN(c2c(F)c(F)nc(F)c2F)CC1. The van der Waals surface area contributed by atoms with Gasteiger partial charge < -0.3 is 10.2 Å². The first-order chi connectivity index (χ1) is 11.4. The Balaban J connectivity index is 2.07. The molecule has 5 nitrogen and oxygen atoms in total. The van der Waals surface area contributed by atoms with E-state index in [1.165, 1.54) is 4.90 Å². The van der Waals surface area contributed by atoms with Gasteiger partial charge in [0.1, 0.15) is 5.69 Å². The molecule has 0 atom stereocenters. The minimum Gasteiger partial charge on any atom is -0.365 e. The summed E-state index contributed by atoms with van der Waals surface area (Å²) < 4.78 is 54.1. The lowest BCUT2D eigenvalue weighted by molar-refractivity contribution is -0.121. The zero-order valence-corrected chi connectivity index (χ0v) is 12.8. The van der Waals surface area contributed by atoms with Crippen molar-refractivity contribution in [3.05, 3.63) is 23.5 Å². The highest BCUT2D eigenvalue weighted by molar-refractivity contribution is 5.78. The average Bonchev–Trinajstić information content (AvgIpc) is 2.77. The van der Waals surface area contributed by atoms with E-state index < -0.39 is 29.2 Å². The molecule has 1 amide bonds. The van der Waals surface area contributed by atoms with Crippen molar-refractivity contribution in [3.8, 4) is 12.3 Å². The van der Waals surface area contributed by atoms with Gasteiger partial charge in [0.05, 0.1) is 13.1 Å². The van der Waals surface area contributed by atoms with Gasteiger partial charge in [0.25, 0.3) is 11.9 Å². The second-order valence-electron chi connectivity index (χ2n) is 5.27. The van der Waals surface area contributed by atoms with Crippen molar-refractivity contribution in [1.82, 2.24) is 15.2 Å². The van der Waals surface area contributed by atoms with Crippen molar-refractivity contribution in [3.63, 3.8) is 0 Å². The first-order valence-electron chi connectivity index (χ1n) is 7.31. The number of hydrogen-bond donors (Lipinski definition) is 1. The summed E-state index contributed by atoms with van der Waals surface area (Å²) in [5, 5.41) is 2.52. The van der Waals surface area contributed by atoms with Crippen molar-refractivity contribution in [2.24, 2.45) is 0 Å². The summed E-state index contributed by atoms with van der Waals surface area (Å²) in [6.07, 6.45) is 5.51. The van der Waals surface area contributed by atoms with Crippen LogP contribution in [0.2, 0.25) is 0 Å². The first kappa shape index (κ1) is 18.0. The Morgan fingerprint density at radius 3 is 2.42 bits per heavy atom. The number of amides is 1. The monoisotopic (exact) mass is 344 g/mol. The summed E-state index contributed by atoms with van der Waals surface area (Å²) in [6, 6.07) is 0. The number of aromatic nitrogens is 1. The molecule has 1 aliphatic heterocycles. The minimum absolute atomic E-state index is 0.0829. The van der Waals surface area contributed by atoms with E-state index in [0.717, 1.165) is 0 Å². The van der Waals surface area contributed by atoms with Crippen LogP contribution in [0.1, 0.15) is 6.42 Å². The number of hydrogen-bond acceptors (Lipinski definition) is 4. The van der Waals surface area contributed by atoms with Gasteiger partial charge in [-0.15, -0.1) is 6.42 Å². The molecule has 1 aromatic heterocycles. The quantitative estimate of drug-likeness (QED) is 0.501. The van der Waals surface area contributed by atoms with Crippen molar-refractivity contribution >= 4 is 11.6 Å². The number of nitrogens with zero attached hydrogens (tertiary/aromatic N) is 3. The molecule has 130 valence electrons. The molecule has 0 spiro atoms. The average molecular weight is 344 g/mol. The number of rotatable bonds is 4. The third kappa shape index (κ3) is 4.14. The van der Waals surface area contributed by atoms with E-state index in [1.54, 1.807) is 4.90 Å². The highest BCUT2D eigenvalue weighted by Crippen LogP contribution is 2.27. The van der Waals surface area contributed by atoms with Gasteiger partial charge in [-0.25, -0.2) is 0 Å². The first-order valence-corrected chi connectivity index (χ1v) is 7.31. The molecule has 9 heteroatoms. The van der Waals surface area contributed by atoms with E-state index in [2.05, 4.69) is 16.2 Å². The van der Waals surface area contributed by atoms with Gasteiger partial charge in [0, 0.05) is 26.2 Å². The predicted octanol–water partition coefficient (Wildman–Crippen LogP) is 0.899. The smallest absolute Gasteiger partial charge is 0.253 e. The Kier molecular flexibility index (Phi) is 5.98. The number of carbonyl (C=O) groups is 1. The highest BCUT2D eigenvalue weighted by Gasteiger charge is 2.27. The van der Waals surface area contributed by atoms with Crippen LogP contribution in [0.5, 0.6) is 0 Å². The lowest BCUT2D eigenvalue weighted by atomic mass is 10.3. The molecular formula is C15H16F4N4O. The van der Waals surface area contributed by atoms with Gasteiger partial charge in [-0.1, -0.05) is 5.92 Å². The van der Waals surface area contributed by atoms with Crippen LogP contribution in [-0.4, -0.2) is 55.1 Å². The number of halogens is 4. The maximum Gasteiger partial charge on any atom is 0.253 e. The zero-order chi connectivity index (χ0) is 17.7. The molecule has 0 aromatic carbocycles. The molecule has 1 fully saturated rings. The Bertz CT molecular complexity index is 636. The molecule has 24 heavy (non-hydrogen) atoms. The van der Waals surface area contributed by atoms with Crippen LogP contribution in [0.4, 0.5) is 23.2 Å². The van der Waals surface area contributed by atoms with Gasteiger partial charge in [-0.2, -0.15) is 22.5 Å². The normalized spacial score (nSPS) is 15.7. The van der Waals surface area contributed by atoms with E-state index in [0.29, 0.717) is 19.5 Å². The maximum atomic E-state index is 13.8. The largest absolute Gasteiger partial charge is 0.365 e. The second kappa shape index (κ2) is 7.97.